The number of amides is 1. The lowest BCUT2D eigenvalue weighted by Gasteiger charge is -2.37. The molecule has 3 aromatic heterocycles. The van der Waals surface area contributed by atoms with Crippen molar-refractivity contribution in [3.63, 3.8) is 0 Å². The average molecular weight is 541 g/mol. The van der Waals surface area contributed by atoms with Crippen LogP contribution in [0.4, 0.5) is 14.5 Å². The molecule has 1 aliphatic heterocycles. The molecule has 36 heavy (non-hydrogen) atoms. The summed E-state index contributed by atoms with van der Waals surface area (Å²) in [7, 11) is -3.90. The highest BCUT2D eigenvalue weighted by atomic mass is 32.2. The maximum absolute atomic E-state index is 13.3. The molecule has 2 aliphatic rings. The predicted octanol–water partition coefficient (Wildman–Crippen LogP) is 2.32. The van der Waals surface area contributed by atoms with Crippen molar-refractivity contribution in [1.29, 1.82) is 0 Å². The molecule has 11 nitrogen and oxygen atoms in total. The lowest BCUT2D eigenvalue weighted by atomic mass is 10.1. The lowest BCUT2D eigenvalue weighted by molar-refractivity contribution is -0.134. The third-order valence-corrected chi connectivity index (χ3v) is 8.93. The molecule has 194 valence electrons. The van der Waals surface area contributed by atoms with Crippen LogP contribution in [0.5, 0.6) is 0 Å². The molecule has 0 spiro atoms. The summed E-state index contributed by atoms with van der Waals surface area (Å²) in [5.74, 6) is 0.0727. The molecule has 4 heterocycles. The van der Waals surface area contributed by atoms with Gasteiger partial charge in [-0.2, -0.15) is 0 Å². The van der Waals surface area contributed by atoms with Gasteiger partial charge in [0.25, 0.3) is 6.43 Å². The summed E-state index contributed by atoms with van der Waals surface area (Å²) in [6.07, 6.45) is 0.0816. The van der Waals surface area contributed by atoms with Gasteiger partial charge >= 0.3 is 0 Å². The number of nitrogens with one attached hydrogen (secondary N) is 1. The minimum Gasteiger partial charge on any atom is -0.365 e. The molecule has 1 aliphatic carbocycles. The SMILES string of the molecule is CC(C)C(=O)N1CCN(c2cc(S(=O)(=O)NC3(C)CC3)cn3c(-c4nnc(C(F)F)s4)nnc23)CC1. The highest BCUT2D eigenvalue weighted by Gasteiger charge is 2.41. The van der Waals surface area contributed by atoms with Crippen LogP contribution >= 0.6 is 11.3 Å². The molecule has 0 radical (unpaired) electrons. The Morgan fingerprint density at radius 1 is 1.11 bits per heavy atom. The van der Waals surface area contributed by atoms with E-state index in [9.17, 15) is 22.0 Å². The summed E-state index contributed by atoms with van der Waals surface area (Å²) >= 11 is 0.676. The number of rotatable bonds is 7. The van der Waals surface area contributed by atoms with Gasteiger partial charge in [0.2, 0.25) is 15.9 Å². The number of halogens is 2. The predicted molar refractivity (Wildman–Crippen MR) is 128 cm³/mol. The van der Waals surface area contributed by atoms with Gasteiger partial charge in [-0.15, -0.1) is 20.4 Å². The van der Waals surface area contributed by atoms with Gasteiger partial charge in [0, 0.05) is 43.8 Å². The number of aromatic nitrogens is 5. The first-order valence-corrected chi connectivity index (χ1v) is 13.9. The smallest absolute Gasteiger partial charge is 0.291 e. The normalized spacial score (nSPS) is 18.0. The van der Waals surface area contributed by atoms with E-state index in [4.69, 9.17) is 0 Å². The summed E-state index contributed by atoms with van der Waals surface area (Å²) in [6.45, 7) is 7.44. The first-order valence-electron chi connectivity index (χ1n) is 11.6. The van der Waals surface area contributed by atoms with Crippen molar-refractivity contribution in [2.24, 2.45) is 5.92 Å². The maximum Gasteiger partial charge on any atom is 0.291 e. The summed E-state index contributed by atoms with van der Waals surface area (Å²) in [6, 6.07) is 1.55. The largest absolute Gasteiger partial charge is 0.365 e. The van der Waals surface area contributed by atoms with Crippen molar-refractivity contribution in [3.8, 4) is 10.8 Å². The highest BCUT2D eigenvalue weighted by molar-refractivity contribution is 7.89. The van der Waals surface area contributed by atoms with Crippen LogP contribution in [0.2, 0.25) is 0 Å². The van der Waals surface area contributed by atoms with Gasteiger partial charge in [-0.25, -0.2) is 21.9 Å². The van der Waals surface area contributed by atoms with Crippen molar-refractivity contribution in [3.05, 3.63) is 17.3 Å². The third kappa shape index (κ3) is 4.66. The highest BCUT2D eigenvalue weighted by Crippen LogP contribution is 2.37. The minimum atomic E-state index is -3.90. The molecule has 2 fully saturated rings. The molecule has 0 atom stereocenters. The zero-order valence-electron chi connectivity index (χ0n) is 20.0. The van der Waals surface area contributed by atoms with E-state index in [1.165, 1.54) is 10.6 Å². The topological polar surface area (TPSA) is 126 Å². The van der Waals surface area contributed by atoms with Gasteiger partial charge in [0.1, 0.15) is 4.90 Å². The van der Waals surface area contributed by atoms with E-state index in [0.717, 1.165) is 12.8 Å². The average Bonchev–Trinajstić information content (AvgIpc) is 3.22. The summed E-state index contributed by atoms with van der Waals surface area (Å²) in [5, 5.41) is 15.4. The van der Waals surface area contributed by atoms with Crippen LogP contribution in [0.3, 0.4) is 0 Å². The van der Waals surface area contributed by atoms with Gasteiger partial charge in [0.15, 0.2) is 21.5 Å². The van der Waals surface area contributed by atoms with Crippen molar-refractivity contribution in [2.45, 2.75) is 50.5 Å². The fraction of sp³-hybridized carbons (Fsp3) is 0.571. The third-order valence-electron chi connectivity index (χ3n) is 6.40. The zero-order valence-corrected chi connectivity index (χ0v) is 21.6. The molecular formula is C21H26F2N8O3S2. The number of carbonyl (C=O) groups is 1. The quantitative estimate of drug-likeness (QED) is 0.484. The van der Waals surface area contributed by atoms with Crippen LogP contribution in [0.15, 0.2) is 17.2 Å². The van der Waals surface area contributed by atoms with E-state index in [0.29, 0.717) is 48.9 Å². The molecule has 15 heteroatoms. The zero-order chi connectivity index (χ0) is 25.8. The fourth-order valence-corrected chi connectivity index (χ4v) is 6.26. The fourth-order valence-electron chi connectivity index (χ4n) is 4.10. The number of carbonyl (C=O) groups excluding carboxylic acids is 1. The molecule has 1 saturated heterocycles. The summed E-state index contributed by atoms with van der Waals surface area (Å²) < 4.78 is 57.0. The second-order valence-electron chi connectivity index (χ2n) is 9.66. The van der Waals surface area contributed by atoms with Crippen LogP contribution in [-0.2, 0) is 14.8 Å². The molecular weight excluding hydrogens is 514 g/mol. The van der Waals surface area contributed by atoms with Crippen LogP contribution in [0.1, 0.15) is 45.0 Å². The van der Waals surface area contributed by atoms with Crippen molar-refractivity contribution < 1.29 is 22.0 Å². The molecule has 0 unspecified atom stereocenters. The van der Waals surface area contributed by atoms with E-state index in [1.54, 1.807) is 11.0 Å². The van der Waals surface area contributed by atoms with E-state index >= 15 is 0 Å². The number of anilines is 1. The monoisotopic (exact) mass is 540 g/mol. The van der Waals surface area contributed by atoms with Gasteiger partial charge in [-0.1, -0.05) is 25.2 Å². The van der Waals surface area contributed by atoms with E-state index in [-0.39, 0.29) is 27.6 Å². The van der Waals surface area contributed by atoms with Gasteiger partial charge < -0.3 is 9.80 Å². The van der Waals surface area contributed by atoms with Crippen molar-refractivity contribution in [1.82, 2.24) is 34.4 Å². The Labute approximate surface area is 210 Å². The maximum atomic E-state index is 13.3. The lowest BCUT2D eigenvalue weighted by Crippen LogP contribution is -2.50. The number of fused-ring (bicyclic) bond motifs is 1. The van der Waals surface area contributed by atoms with Crippen molar-refractivity contribution in [2.75, 3.05) is 31.1 Å². The Morgan fingerprint density at radius 3 is 2.39 bits per heavy atom. The second-order valence-corrected chi connectivity index (χ2v) is 12.3. The molecule has 1 amide bonds. The van der Waals surface area contributed by atoms with Gasteiger partial charge in [0.05, 0.1) is 5.69 Å². The Kier molecular flexibility index (Phi) is 6.19. The number of hydrogen-bond acceptors (Lipinski definition) is 9. The first-order chi connectivity index (χ1) is 17.0. The first kappa shape index (κ1) is 24.9. The second kappa shape index (κ2) is 8.95. The van der Waals surface area contributed by atoms with E-state index in [1.807, 2.05) is 25.7 Å². The molecule has 0 aromatic carbocycles. The van der Waals surface area contributed by atoms with Crippen LogP contribution in [-0.4, -0.2) is 75.7 Å². The number of alkyl halides is 2. The Hall–Kier alpha value is -2.78. The molecule has 1 saturated carbocycles. The Balaban J connectivity index is 1.57. The van der Waals surface area contributed by atoms with E-state index < -0.39 is 27.0 Å². The Morgan fingerprint density at radius 2 is 1.81 bits per heavy atom. The molecule has 0 bridgehead atoms. The van der Waals surface area contributed by atoms with Gasteiger partial charge in [-0.05, 0) is 25.8 Å². The number of sulfonamides is 1. The summed E-state index contributed by atoms with van der Waals surface area (Å²) in [5.41, 5.74) is 0.393. The van der Waals surface area contributed by atoms with Crippen molar-refractivity contribution >= 4 is 38.6 Å². The standard InChI is InChI=1S/C21H26F2N8O3S2/c1-12(2)20(32)30-8-6-29(7-9-30)14-10-13(36(33,34)28-21(3)4-5-21)11-31-16(14)24-25-17(31)19-27-26-18(35-19)15(22)23/h10-12,15,28H,4-9H2,1-3H3. The number of hydrogen-bond donors (Lipinski definition) is 1. The van der Waals surface area contributed by atoms with Crippen LogP contribution in [0, 0.1) is 5.92 Å². The minimum absolute atomic E-state index is 0.00143. The van der Waals surface area contributed by atoms with Crippen LogP contribution < -0.4 is 9.62 Å². The number of nitrogens with zero attached hydrogens (tertiary/aromatic N) is 7. The Bertz CT molecular complexity index is 1410. The van der Waals surface area contributed by atoms with E-state index in [2.05, 4.69) is 25.1 Å². The summed E-state index contributed by atoms with van der Waals surface area (Å²) in [4.78, 5) is 16.2. The molecule has 3 aromatic rings. The van der Waals surface area contributed by atoms with Gasteiger partial charge in [-0.3, -0.25) is 9.20 Å². The number of piperazine rings is 1. The molecule has 1 N–H and O–H groups in total. The molecule has 5 rings (SSSR count). The van der Waals surface area contributed by atoms with Crippen LogP contribution in [0.25, 0.3) is 16.5 Å². The number of pyridine rings is 1.